The molecule has 1 N–H and O–H groups in total. The molecule has 0 fully saturated rings. The Morgan fingerprint density at radius 2 is 1.89 bits per heavy atom. The molecule has 0 aliphatic rings. The zero-order chi connectivity index (χ0) is 13.8. The number of anilines is 2. The van der Waals surface area contributed by atoms with E-state index in [1.54, 1.807) is 7.11 Å². The summed E-state index contributed by atoms with van der Waals surface area (Å²) in [5, 5.41) is 5.79. The Morgan fingerprint density at radius 1 is 1.21 bits per heavy atom. The Kier molecular flexibility index (Phi) is 4.22. The topological polar surface area (TPSA) is 37.4 Å². The second-order valence-corrected chi connectivity index (χ2v) is 4.76. The molecule has 1 aromatic carbocycles. The van der Waals surface area contributed by atoms with Gasteiger partial charge in [-0.1, -0.05) is 24.3 Å². The van der Waals surface area contributed by atoms with Gasteiger partial charge in [0.15, 0.2) is 0 Å². The Labute approximate surface area is 114 Å². The Balaban J connectivity index is 2.52. The van der Waals surface area contributed by atoms with Gasteiger partial charge < -0.3 is 15.0 Å². The summed E-state index contributed by atoms with van der Waals surface area (Å²) < 4.78 is 5.09. The highest BCUT2D eigenvalue weighted by atomic mass is 16.5. The third-order valence-corrected chi connectivity index (χ3v) is 3.10. The maximum atomic E-state index is 5.09. The minimum atomic E-state index is 0.684. The van der Waals surface area contributed by atoms with Crippen LogP contribution in [0.5, 0.6) is 0 Å². The number of hydrogen-bond donors (Lipinski definition) is 1. The van der Waals surface area contributed by atoms with Crippen LogP contribution in [0, 0.1) is 6.92 Å². The van der Waals surface area contributed by atoms with Gasteiger partial charge in [0.25, 0.3) is 0 Å². The van der Waals surface area contributed by atoms with E-state index in [4.69, 9.17) is 9.72 Å². The Hall–Kier alpha value is -1.81. The van der Waals surface area contributed by atoms with Gasteiger partial charge in [0.2, 0.25) is 0 Å². The molecular weight excluding hydrogens is 238 g/mol. The monoisotopic (exact) mass is 259 g/mol. The molecule has 0 saturated heterocycles. The SMILES string of the molecule is COCCNc1c(C)nc(N(C)C)c2ccccc12. The average Bonchev–Trinajstić information content (AvgIpc) is 2.40. The molecule has 102 valence electrons. The lowest BCUT2D eigenvalue weighted by atomic mass is 10.1. The molecule has 0 atom stereocenters. The first kappa shape index (κ1) is 13.6. The van der Waals surface area contributed by atoms with Crippen LogP contribution in [0.25, 0.3) is 10.8 Å². The average molecular weight is 259 g/mol. The van der Waals surface area contributed by atoms with E-state index in [0.717, 1.165) is 29.1 Å². The number of nitrogens with one attached hydrogen (secondary N) is 1. The van der Waals surface area contributed by atoms with Crippen LogP contribution < -0.4 is 10.2 Å². The molecule has 0 unspecified atom stereocenters. The first-order valence-corrected chi connectivity index (χ1v) is 6.44. The van der Waals surface area contributed by atoms with Crippen molar-refractivity contribution in [2.24, 2.45) is 0 Å². The summed E-state index contributed by atoms with van der Waals surface area (Å²) in [6.45, 7) is 3.50. The quantitative estimate of drug-likeness (QED) is 0.838. The van der Waals surface area contributed by atoms with Gasteiger partial charge in [-0.2, -0.15) is 0 Å². The minimum absolute atomic E-state index is 0.684. The molecule has 2 rings (SSSR count). The van der Waals surface area contributed by atoms with Crippen molar-refractivity contribution in [2.75, 3.05) is 44.6 Å². The number of aromatic nitrogens is 1. The van der Waals surface area contributed by atoms with Crippen LogP contribution >= 0.6 is 0 Å². The molecule has 1 heterocycles. The van der Waals surface area contributed by atoms with Gasteiger partial charge in [-0.25, -0.2) is 4.98 Å². The normalized spacial score (nSPS) is 10.7. The number of ether oxygens (including phenoxy) is 1. The first-order chi connectivity index (χ1) is 9.15. The van der Waals surface area contributed by atoms with Crippen molar-refractivity contribution in [3.05, 3.63) is 30.0 Å². The molecule has 0 radical (unpaired) electrons. The maximum absolute atomic E-state index is 5.09. The van der Waals surface area contributed by atoms with Gasteiger partial charge in [0, 0.05) is 38.5 Å². The summed E-state index contributed by atoms with van der Waals surface area (Å²) >= 11 is 0. The van der Waals surface area contributed by atoms with Crippen LogP contribution in [0.1, 0.15) is 5.69 Å². The van der Waals surface area contributed by atoms with Gasteiger partial charge in [0.05, 0.1) is 18.0 Å². The number of fused-ring (bicyclic) bond motifs is 1. The van der Waals surface area contributed by atoms with Gasteiger partial charge in [-0.3, -0.25) is 0 Å². The molecule has 4 nitrogen and oxygen atoms in total. The lowest BCUT2D eigenvalue weighted by Crippen LogP contribution is -2.14. The number of aryl methyl sites for hydroxylation is 1. The van der Waals surface area contributed by atoms with Gasteiger partial charge in [0.1, 0.15) is 5.82 Å². The molecule has 0 amide bonds. The third kappa shape index (κ3) is 2.79. The number of hydrogen-bond acceptors (Lipinski definition) is 4. The summed E-state index contributed by atoms with van der Waals surface area (Å²) in [4.78, 5) is 6.75. The van der Waals surface area contributed by atoms with E-state index >= 15 is 0 Å². The van der Waals surface area contributed by atoms with Crippen molar-refractivity contribution in [2.45, 2.75) is 6.92 Å². The van der Waals surface area contributed by atoms with Crippen molar-refractivity contribution >= 4 is 22.3 Å². The fourth-order valence-electron chi connectivity index (χ4n) is 2.21. The molecule has 1 aromatic heterocycles. The third-order valence-electron chi connectivity index (χ3n) is 3.10. The molecule has 4 heteroatoms. The summed E-state index contributed by atoms with van der Waals surface area (Å²) in [6.07, 6.45) is 0. The van der Waals surface area contributed by atoms with E-state index in [2.05, 4.69) is 23.5 Å². The standard InChI is InChI=1S/C15H21N3O/c1-11-14(16-9-10-19-4)12-7-5-6-8-13(12)15(17-11)18(2)3/h5-8,16H,9-10H2,1-4H3. The zero-order valence-corrected chi connectivity index (χ0v) is 12.0. The predicted molar refractivity (Wildman–Crippen MR) is 81.2 cm³/mol. The van der Waals surface area contributed by atoms with Crippen molar-refractivity contribution in [3.8, 4) is 0 Å². The van der Waals surface area contributed by atoms with Crippen molar-refractivity contribution in [3.63, 3.8) is 0 Å². The minimum Gasteiger partial charge on any atom is -0.383 e. The largest absolute Gasteiger partial charge is 0.383 e. The molecule has 0 spiro atoms. The van der Waals surface area contributed by atoms with E-state index in [1.165, 1.54) is 5.39 Å². The number of pyridine rings is 1. The van der Waals surface area contributed by atoms with Gasteiger partial charge in [-0.05, 0) is 6.92 Å². The lowest BCUT2D eigenvalue weighted by Gasteiger charge is -2.19. The fraction of sp³-hybridized carbons (Fsp3) is 0.400. The van der Waals surface area contributed by atoms with Crippen LogP contribution in [0.3, 0.4) is 0 Å². The molecule has 0 aliphatic carbocycles. The van der Waals surface area contributed by atoms with Crippen LogP contribution in [0.15, 0.2) is 24.3 Å². The summed E-state index contributed by atoms with van der Waals surface area (Å²) in [7, 11) is 5.75. The molecular formula is C15H21N3O. The van der Waals surface area contributed by atoms with Crippen molar-refractivity contribution in [1.29, 1.82) is 0 Å². The van der Waals surface area contributed by atoms with E-state index in [-0.39, 0.29) is 0 Å². The predicted octanol–water partition coefficient (Wildman–Crippen LogP) is 2.67. The zero-order valence-electron chi connectivity index (χ0n) is 12.0. The molecule has 0 bridgehead atoms. The summed E-state index contributed by atoms with van der Waals surface area (Å²) in [5.41, 5.74) is 2.11. The Bertz CT molecular complexity index is 567. The highest BCUT2D eigenvalue weighted by molar-refractivity contribution is 6.01. The maximum Gasteiger partial charge on any atom is 0.136 e. The summed E-state index contributed by atoms with van der Waals surface area (Å²) in [6, 6.07) is 8.35. The van der Waals surface area contributed by atoms with Crippen LogP contribution in [0.4, 0.5) is 11.5 Å². The van der Waals surface area contributed by atoms with E-state index in [0.29, 0.717) is 6.61 Å². The van der Waals surface area contributed by atoms with E-state index in [9.17, 15) is 0 Å². The fourth-order valence-corrected chi connectivity index (χ4v) is 2.21. The van der Waals surface area contributed by atoms with Crippen LogP contribution in [-0.4, -0.2) is 39.3 Å². The van der Waals surface area contributed by atoms with Crippen molar-refractivity contribution in [1.82, 2.24) is 4.98 Å². The molecule has 0 aliphatic heterocycles. The number of methoxy groups -OCH3 is 1. The second kappa shape index (κ2) is 5.89. The van der Waals surface area contributed by atoms with Gasteiger partial charge in [-0.15, -0.1) is 0 Å². The Morgan fingerprint density at radius 3 is 2.53 bits per heavy atom. The van der Waals surface area contributed by atoms with Crippen molar-refractivity contribution < 1.29 is 4.74 Å². The molecule has 19 heavy (non-hydrogen) atoms. The highest BCUT2D eigenvalue weighted by Gasteiger charge is 2.11. The van der Waals surface area contributed by atoms with Gasteiger partial charge >= 0.3 is 0 Å². The number of nitrogens with zero attached hydrogens (tertiary/aromatic N) is 2. The number of rotatable bonds is 5. The number of benzene rings is 1. The smallest absolute Gasteiger partial charge is 0.136 e. The summed E-state index contributed by atoms with van der Waals surface area (Å²) in [5.74, 6) is 1.00. The first-order valence-electron chi connectivity index (χ1n) is 6.44. The van der Waals surface area contributed by atoms with Crippen LogP contribution in [-0.2, 0) is 4.74 Å². The lowest BCUT2D eigenvalue weighted by molar-refractivity contribution is 0.211. The second-order valence-electron chi connectivity index (χ2n) is 4.76. The van der Waals surface area contributed by atoms with E-state index < -0.39 is 0 Å². The van der Waals surface area contributed by atoms with Crippen LogP contribution in [0.2, 0.25) is 0 Å². The highest BCUT2D eigenvalue weighted by Crippen LogP contribution is 2.31. The van der Waals surface area contributed by atoms with E-state index in [1.807, 2.05) is 32.0 Å². The molecule has 0 saturated carbocycles. The molecule has 2 aromatic rings.